The number of hydrogen-bond donors (Lipinski definition) is 0. The van der Waals surface area contributed by atoms with Crippen molar-refractivity contribution in [3.8, 4) is 5.75 Å². The van der Waals surface area contributed by atoms with Crippen LogP contribution in [0.15, 0.2) is 40.8 Å². The predicted octanol–water partition coefficient (Wildman–Crippen LogP) is 2.80. The van der Waals surface area contributed by atoms with E-state index in [9.17, 15) is 9.18 Å². The molecule has 2 rings (SSSR count). The van der Waals surface area contributed by atoms with Crippen molar-refractivity contribution in [2.75, 3.05) is 20.3 Å². The highest BCUT2D eigenvalue weighted by Crippen LogP contribution is 2.15. The monoisotopic (exact) mass is 294 g/mol. The molecule has 0 bridgehead atoms. The number of ether oxygens (including phenoxy) is 3. The molecule has 21 heavy (non-hydrogen) atoms. The lowest BCUT2D eigenvalue weighted by atomic mass is 10.3. The Morgan fingerprint density at radius 2 is 2.00 bits per heavy atom. The van der Waals surface area contributed by atoms with E-state index in [0.29, 0.717) is 5.76 Å². The highest BCUT2D eigenvalue weighted by atomic mass is 19.1. The Balaban J connectivity index is 1.75. The molecule has 0 saturated carbocycles. The van der Waals surface area contributed by atoms with Gasteiger partial charge in [0.2, 0.25) is 5.76 Å². The van der Waals surface area contributed by atoms with Gasteiger partial charge in [-0.3, -0.25) is 0 Å². The summed E-state index contributed by atoms with van der Waals surface area (Å²) in [6, 6.07) is 9.16. The summed E-state index contributed by atoms with van der Waals surface area (Å²) in [5, 5.41) is 0. The zero-order chi connectivity index (χ0) is 15.1. The van der Waals surface area contributed by atoms with Gasteiger partial charge in [0, 0.05) is 7.11 Å². The first kappa shape index (κ1) is 15.1. The van der Waals surface area contributed by atoms with E-state index in [4.69, 9.17) is 18.6 Å². The maximum absolute atomic E-state index is 13.3. The molecule has 2 aromatic rings. The average Bonchev–Trinajstić information content (AvgIpc) is 2.94. The third kappa shape index (κ3) is 4.32. The van der Waals surface area contributed by atoms with E-state index in [1.165, 1.54) is 25.3 Å². The van der Waals surface area contributed by atoms with E-state index in [2.05, 4.69) is 0 Å². The molecule has 0 saturated heterocycles. The minimum atomic E-state index is -0.602. The summed E-state index contributed by atoms with van der Waals surface area (Å²) in [5.41, 5.74) is 0. The Morgan fingerprint density at radius 1 is 1.19 bits per heavy atom. The van der Waals surface area contributed by atoms with Crippen molar-refractivity contribution in [2.24, 2.45) is 0 Å². The molecule has 1 heterocycles. The number of esters is 1. The zero-order valence-electron chi connectivity index (χ0n) is 11.5. The van der Waals surface area contributed by atoms with E-state index in [0.717, 1.165) is 0 Å². The molecule has 1 aromatic carbocycles. The largest absolute Gasteiger partial charge is 0.487 e. The lowest BCUT2D eigenvalue weighted by Gasteiger charge is -2.07. The molecule has 0 radical (unpaired) electrons. The molecule has 0 aliphatic carbocycles. The summed E-state index contributed by atoms with van der Waals surface area (Å²) in [7, 11) is 1.53. The lowest BCUT2D eigenvalue weighted by molar-refractivity contribution is 0.0407. The second kappa shape index (κ2) is 7.44. The van der Waals surface area contributed by atoms with Crippen LogP contribution in [-0.4, -0.2) is 26.3 Å². The molecule has 0 fully saturated rings. The fraction of sp³-hybridized carbons (Fsp3) is 0.267. The molecular formula is C15H15FO5. The molecule has 0 N–H and O–H groups in total. The van der Waals surface area contributed by atoms with Gasteiger partial charge < -0.3 is 18.6 Å². The number of rotatable bonds is 7. The molecule has 0 atom stereocenters. The maximum atomic E-state index is 13.3. The van der Waals surface area contributed by atoms with Gasteiger partial charge in [0.15, 0.2) is 11.6 Å². The van der Waals surface area contributed by atoms with E-state index >= 15 is 0 Å². The normalized spacial score (nSPS) is 10.4. The Hall–Kier alpha value is -2.34. The van der Waals surface area contributed by atoms with Gasteiger partial charge in [-0.15, -0.1) is 0 Å². The van der Waals surface area contributed by atoms with Crippen molar-refractivity contribution in [3.05, 3.63) is 53.7 Å². The Labute approximate surface area is 121 Å². The van der Waals surface area contributed by atoms with Crippen molar-refractivity contribution < 1.29 is 27.8 Å². The van der Waals surface area contributed by atoms with Gasteiger partial charge in [-0.05, 0) is 24.3 Å². The standard InChI is InChI=1S/C15H15FO5/c1-18-10-11-6-7-14(21-11)15(17)20-9-8-19-13-5-3-2-4-12(13)16/h2-7H,8-10H2,1H3. The first-order valence-electron chi connectivity index (χ1n) is 6.33. The van der Waals surface area contributed by atoms with Gasteiger partial charge >= 0.3 is 5.97 Å². The molecule has 0 unspecified atom stereocenters. The van der Waals surface area contributed by atoms with Crippen molar-refractivity contribution in [3.63, 3.8) is 0 Å². The van der Waals surface area contributed by atoms with Crippen LogP contribution in [-0.2, 0) is 16.1 Å². The second-order valence-electron chi connectivity index (χ2n) is 4.11. The second-order valence-corrected chi connectivity index (χ2v) is 4.11. The van der Waals surface area contributed by atoms with Crippen LogP contribution in [0.4, 0.5) is 4.39 Å². The maximum Gasteiger partial charge on any atom is 0.374 e. The number of carbonyl (C=O) groups excluding carboxylic acids is 1. The summed E-state index contributed by atoms with van der Waals surface area (Å²) in [6.07, 6.45) is 0. The van der Waals surface area contributed by atoms with Gasteiger partial charge in [-0.1, -0.05) is 12.1 Å². The molecule has 1 aromatic heterocycles. The van der Waals surface area contributed by atoms with Crippen molar-refractivity contribution in [1.82, 2.24) is 0 Å². The number of benzene rings is 1. The fourth-order valence-corrected chi connectivity index (χ4v) is 1.63. The fourth-order valence-electron chi connectivity index (χ4n) is 1.63. The van der Waals surface area contributed by atoms with Gasteiger partial charge in [0.25, 0.3) is 0 Å². The van der Waals surface area contributed by atoms with E-state index in [-0.39, 0.29) is 31.3 Å². The summed E-state index contributed by atoms with van der Waals surface area (Å²) >= 11 is 0. The van der Waals surface area contributed by atoms with Crippen LogP contribution in [0, 0.1) is 5.82 Å². The first-order valence-corrected chi connectivity index (χ1v) is 6.33. The van der Waals surface area contributed by atoms with Gasteiger partial charge in [0.05, 0.1) is 0 Å². The van der Waals surface area contributed by atoms with Gasteiger partial charge in [-0.2, -0.15) is 0 Å². The SMILES string of the molecule is COCc1ccc(C(=O)OCCOc2ccccc2F)o1. The van der Waals surface area contributed by atoms with Crippen LogP contribution >= 0.6 is 0 Å². The smallest absolute Gasteiger partial charge is 0.374 e. The van der Waals surface area contributed by atoms with Crippen molar-refractivity contribution >= 4 is 5.97 Å². The third-order valence-electron chi connectivity index (χ3n) is 2.56. The Morgan fingerprint density at radius 3 is 2.76 bits per heavy atom. The summed E-state index contributed by atoms with van der Waals surface area (Å²) in [4.78, 5) is 11.7. The molecule has 0 amide bonds. The summed E-state index contributed by atoms with van der Waals surface area (Å²) in [6.45, 7) is 0.329. The molecular weight excluding hydrogens is 279 g/mol. The molecule has 0 spiro atoms. The van der Waals surface area contributed by atoms with Crippen LogP contribution in [0.2, 0.25) is 0 Å². The summed E-state index contributed by atoms with van der Waals surface area (Å²) in [5.74, 6) is -0.317. The summed E-state index contributed by atoms with van der Waals surface area (Å²) < 4.78 is 33.5. The Bertz CT molecular complexity index is 593. The van der Waals surface area contributed by atoms with Crippen LogP contribution < -0.4 is 4.74 Å². The highest BCUT2D eigenvalue weighted by Gasteiger charge is 2.12. The molecule has 6 heteroatoms. The van der Waals surface area contributed by atoms with E-state index < -0.39 is 11.8 Å². The number of para-hydroxylation sites is 1. The van der Waals surface area contributed by atoms with Crippen LogP contribution in [0.5, 0.6) is 5.75 Å². The quantitative estimate of drug-likeness (QED) is 0.580. The molecule has 5 nitrogen and oxygen atoms in total. The lowest BCUT2D eigenvalue weighted by Crippen LogP contribution is -2.12. The highest BCUT2D eigenvalue weighted by molar-refractivity contribution is 5.86. The van der Waals surface area contributed by atoms with Crippen LogP contribution in [0.25, 0.3) is 0 Å². The van der Waals surface area contributed by atoms with Gasteiger partial charge in [0.1, 0.15) is 25.6 Å². The average molecular weight is 294 g/mol. The topological polar surface area (TPSA) is 57.9 Å². The van der Waals surface area contributed by atoms with E-state index in [1.807, 2.05) is 0 Å². The van der Waals surface area contributed by atoms with Gasteiger partial charge in [-0.25, -0.2) is 9.18 Å². The minimum Gasteiger partial charge on any atom is -0.487 e. The number of halogens is 1. The predicted molar refractivity (Wildman–Crippen MR) is 71.6 cm³/mol. The van der Waals surface area contributed by atoms with Crippen molar-refractivity contribution in [2.45, 2.75) is 6.61 Å². The molecule has 0 aliphatic rings. The number of furan rings is 1. The number of hydrogen-bond acceptors (Lipinski definition) is 5. The minimum absolute atomic E-state index is 0.00647. The number of carbonyl (C=O) groups is 1. The zero-order valence-corrected chi connectivity index (χ0v) is 11.5. The number of methoxy groups -OCH3 is 1. The molecule has 112 valence electrons. The first-order chi connectivity index (χ1) is 10.2. The van der Waals surface area contributed by atoms with Crippen molar-refractivity contribution in [1.29, 1.82) is 0 Å². The van der Waals surface area contributed by atoms with E-state index in [1.54, 1.807) is 18.2 Å². The van der Waals surface area contributed by atoms with Crippen LogP contribution in [0.1, 0.15) is 16.3 Å². The molecule has 0 aliphatic heterocycles. The van der Waals surface area contributed by atoms with Crippen LogP contribution in [0.3, 0.4) is 0 Å². The third-order valence-corrected chi connectivity index (χ3v) is 2.56. The Kier molecular flexibility index (Phi) is 5.34.